The lowest BCUT2D eigenvalue weighted by atomic mass is 9.88. The third-order valence-electron chi connectivity index (χ3n) is 7.11. The van der Waals surface area contributed by atoms with Gasteiger partial charge in [-0.1, -0.05) is 42.5 Å². The second-order valence-electron chi connectivity index (χ2n) is 9.20. The Morgan fingerprint density at radius 1 is 0.730 bits per heavy atom. The van der Waals surface area contributed by atoms with Gasteiger partial charge in [-0.05, 0) is 81.0 Å². The van der Waals surface area contributed by atoms with Gasteiger partial charge in [-0.25, -0.2) is 8.78 Å². The van der Waals surface area contributed by atoms with E-state index in [1.54, 1.807) is 12.1 Å². The molecule has 37 heavy (non-hydrogen) atoms. The predicted octanol–water partition coefficient (Wildman–Crippen LogP) is 8.71. The topological polar surface area (TPSA) is 6.48 Å². The van der Waals surface area contributed by atoms with Crippen LogP contribution in [0.5, 0.6) is 0 Å². The van der Waals surface area contributed by atoms with E-state index in [4.69, 9.17) is 0 Å². The zero-order chi connectivity index (χ0) is 26.4. The van der Waals surface area contributed by atoms with Crippen LogP contribution in [-0.4, -0.2) is 26.2 Å². The highest BCUT2D eigenvalue weighted by Gasteiger charge is 2.25. The fourth-order valence-corrected chi connectivity index (χ4v) is 5.87. The molecule has 0 aliphatic heterocycles. The van der Waals surface area contributed by atoms with E-state index in [0.29, 0.717) is 11.1 Å². The van der Waals surface area contributed by atoms with Crippen molar-refractivity contribution in [2.24, 2.45) is 0 Å². The minimum absolute atomic E-state index is 0.301. The predicted molar refractivity (Wildman–Crippen MR) is 155 cm³/mol. The fraction of sp³-hybridized carbons (Fsp3) is 0.312. The second kappa shape index (κ2) is 12.4. The Kier molecular flexibility index (Phi) is 8.99. The van der Waals surface area contributed by atoms with Crippen LogP contribution in [0.25, 0.3) is 0 Å². The van der Waals surface area contributed by atoms with Gasteiger partial charge in [0.15, 0.2) is 0 Å². The molecule has 0 radical (unpaired) electrons. The van der Waals surface area contributed by atoms with Crippen LogP contribution in [-0.2, 0) is 0 Å². The maximum absolute atomic E-state index is 15.3. The summed E-state index contributed by atoms with van der Waals surface area (Å²) >= 11 is 1.52. The van der Waals surface area contributed by atoms with E-state index in [9.17, 15) is 0 Å². The van der Waals surface area contributed by atoms with Crippen LogP contribution in [0, 0.1) is 11.6 Å². The van der Waals surface area contributed by atoms with Crippen LogP contribution in [0.3, 0.4) is 0 Å². The van der Waals surface area contributed by atoms with Gasteiger partial charge in [0.2, 0.25) is 0 Å². The van der Waals surface area contributed by atoms with Gasteiger partial charge < -0.3 is 9.80 Å². The van der Waals surface area contributed by atoms with Crippen molar-refractivity contribution in [3.05, 3.63) is 117 Å². The summed E-state index contributed by atoms with van der Waals surface area (Å²) < 4.78 is 30.6. The monoisotopic (exact) mass is 518 g/mol. The number of halogens is 2. The molecule has 2 aliphatic rings. The molecule has 0 atom stereocenters. The highest BCUT2D eigenvalue weighted by Crippen LogP contribution is 2.39. The fourth-order valence-electron chi connectivity index (χ4n) is 5.01. The van der Waals surface area contributed by atoms with E-state index in [-0.39, 0.29) is 11.6 Å². The first-order valence-corrected chi connectivity index (χ1v) is 14.1. The second-order valence-corrected chi connectivity index (χ2v) is 10.2. The summed E-state index contributed by atoms with van der Waals surface area (Å²) in [6, 6.07) is 14.5. The lowest BCUT2D eigenvalue weighted by Crippen LogP contribution is -2.22. The molecule has 2 nitrogen and oxygen atoms in total. The van der Waals surface area contributed by atoms with Crippen LogP contribution in [0.1, 0.15) is 56.0 Å². The molecular formula is C32H36F2N2S. The van der Waals surface area contributed by atoms with Gasteiger partial charge >= 0.3 is 0 Å². The van der Waals surface area contributed by atoms with Gasteiger partial charge in [-0.15, -0.1) is 11.3 Å². The normalized spacial score (nSPS) is 13.4. The molecule has 3 aromatic rings. The number of nitrogens with zero attached hydrogens (tertiary/aromatic N) is 2. The van der Waals surface area contributed by atoms with Crippen molar-refractivity contribution in [1.82, 2.24) is 0 Å². The third kappa shape index (κ3) is 6.04. The maximum Gasteiger partial charge on any atom is 0.129 e. The van der Waals surface area contributed by atoms with E-state index < -0.39 is 5.92 Å². The molecule has 0 unspecified atom stereocenters. The number of rotatable bonds is 9. The summed E-state index contributed by atoms with van der Waals surface area (Å²) in [6.45, 7) is 11.5. The Hall–Kier alpha value is -3.18. The van der Waals surface area contributed by atoms with E-state index in [1.165, 1.54) is 28.9 Å². The summed E-state index contributed by atoms with van der Waals surface area (Å²) in [7, 11) is 0. The first-order valence-electron chi connectivity index (χ1n) is 13.2. The smallest absolute Gasteiger partial charge is 0.129 e. The molecule has 5 heteroatoms. The summed E-state index contributed by atoms with van der Waals surface area (Å²) in [5.41, 5.74) is 5.64. The van der Waals surface area contributed by atoms with Gasteiger partial charge in [-0.3, -0.25) is 0 Å². The zero-order valence-corrected chi connectivity index (χ0v) is 23.0. The minimum atomic E-state index is -0.471. The van der Waals surface area contributed by atoms with E-state index in [0.717, 1.165) is 42.4 Å². The molecule has 0 fully saturated rings. The molecule has 1 aromatic heterocycles. The molecule has 5 rings (SSSR count). The third-order valence-corrected chi connectivity index (χ3v) is 8.04. The molecule has 0 N–H and O–H groups in total. The number of hydrogen-bond donors (Lipinski definition) is 0. The molecule has 2 bridgehead atoms. The number of allylic oxidation sites excluding steroid dienone is 6. The quantitative estimate of drug-likeness (QED) is 0.279. The molecule has 2 aliphatic carbocycles. The lowest BCUT2D eigenvalue weighted by Gasteiger charge is -2.25. The van der Waals surface area contributed by atoms with E-state index in [2.05, 4.69) is 61.8 Å². The van der Waals surface area contributed by atoms with Crippen molar-refractivity contribution in [3.8, 4) is 0 Å². The van der Waals surface area contributed by atoms with Gasteiger partial charge in [0.05, 0.1) is 0 Å². The van der Waals surface area contributed by atoms with Crippen molar-refractivity contribution in [2.45, 2.75) is 40.0 Å². The van der Waals surface area contributed by atoms with Crippen molar-refractivity contribution >= 4 is 22.7 Å². The summed E-state index contributed by atoms with van der Waals surface area (Å²) in [6.07, 6.45) is 9.90. The Labute approximate surface area is 224 Å². The molecule has 194 valence electrons. The average Bonchev–Trinajstić information content (AvgIpc) is 3.69. The SMILES string of the molecule is C1=CC2=CC=C1C2.CCN(CC)c1ccc(C(c2cccs2)c2ccc(N(CC)CC)cc2F)c(F)c1. The molecule has 2 aromatic carbocycles. The van der Waals surface area contributed by atoms with E-state index >= 15 is 8.78 Å². The average molecular weight is 519 g/mol. The van der Waals surface area contributed by atoms with Crippen molar-refractivity contribution in [2.75, 3.05) is 36.0 Å². The molecule has 0 saturated heterocycles. The first-order chi connectivity index (χ1) is 18.0. The molecule has 0 spiro atoms. The number of benzene rings is 2. The molecular weight excluding hydrogens is 482 g/mol. The van der Waals surface area contributed by atoms with Crippen molar-refractivity contribution < 1.29 is 8.78 Å². The zero-order valence-electron chi connectivity index (χ0n) is 22.2. The lowest BCUT2D eigenvalue weighted by molar-refractivity contribution is 0.587. The summed E-state index contributed by atoms with van der Waals surface area (Å²) in [4.78, 5) is 5.14. The largest absolute Gasteiger partial charge is 0.372 e. The van der Waals surface area contributed by atoms with Crippen molar-refractivity contribution in [3.63, 3.8) is 0 Å². The Morgan fingerprint density at radius 3 is 1.51 bits per heavy atom. The molecule has 0 saturated carbocycles. The standard InChI is InChI=1S/C25H30F2N2S.C7H6/c1-5-28(6-2)18-11-13-20(22(26)16-18)25(24-10-9-15-30-24)21-14-12-19(17-23(21)27)29(7-3)8-4;1-2-7-4-3-6(1)5-7/h9-17,25H,5-8H2,1-4H3;1-4H,5H2. The number of hydrogen-bond acceptors (Lipinski definition) is 3. The Morgan fingerprint density at radius 2 is 1.22 bits per heavy atom. The van der Waals surface area contributed by atoms with Gasteiger partial charge in [0, 0.05) is 59.5 Å². The minimum Gasteiger partial charge on any atom is -0.372 e. The molecule has 0 amide bonds. The highest BCUT2D eigenvalue weighted by atomic mass is 32.1. The number of anilines is 2. The Balaban J connectivity index is 0.000000387. The van der Waals surface area contributed by atoms with Crippen molar-refractivity contribution in [1.29, 1.82) is 0 Å². The van der Waals surface area contributed by atoms with E-state index in [1.807, 2.05) is 41.8 Å². The van der Waals surface area contributed by atoms with Crippen LogP contribution < -0.4 is 9.80 Å². The first kappa shape index (κ1) is 26.9. The molecule has 1 heterocycles. The summed E-state index contributed by atoms with van der Waals surface area (Å²) in [5.74, 6) is -1.07. The van der Waals surface area contributed by atoms with Crippen LogP contribution in [0.4, 0.5) is 20.2 Å². The summed E-state index contributed by atoms with van der Waals surface area (Å²) in [5, 5.41) is 1.95. The number of thiophene rings is 1. The van der Waals surface area contributed by atoms with Crippen LogP contribution in [0.2, 0.25) is 0 Å². The van der Waals surface area contributed by atoms with Gasteiger partial charge in [0.1, 0.15) is 11.6 Å². The highest BCUT2D eigenvalue weighted by molar-refractivity contribution is 7.10. The van der Waals surface area contributed by atoms with Gasteiger partial charge in [0.25, 0.3) is 0 Å². The Bertz CT molecular complexity index is 1200. The maximum atomic E-state index is 15.3. The van der Waals surface area contributed by atoms with Crippen LogP contribution in [0.15, 0.2) is 89.4 Å². The number of fused-ring (bicyclic) bond motifs is 2. The van der Waals surface area contributed by atoms with Gasteiger partial charge in [-0.2, -0.15) is 0 Å². The van der Waals surface area contributed by atoms with Crippen LogP contribution >= 0.6 is 11.3 Å².